The average molecular weight is 402 g/mol. The van der Waals surface area contributed by atoms with Gasteiger partial charge in [0, 0.05) is 22.5 Å². The van der Waals surface area contributed by atoms with E-state index in [1.165, 1.54) is 22.2 Å². The summed E-state index contributed by atoms with van der Waals surface area (Å²) in [5.41, 5.74) is 1.49. The van der Waals surface area contributed by atoms with Crippen molar-refractivity contribution in [3.05, 3.63) is 52.0 Å². The van der Waals surface area contributed by atoms with E-state index in [0.29, 0.717) is 15.2 Å². The SMILES string of the molecule is C[C@H]1CCCCN1C(=O)Cn1cnc2cc(-c3ccc(Cl)cc3)sc2c1=O. The zero-order valence-electron chi connectivity index (χ0n) is 15.0. The lowest BCUT2D eigenvalue weighted by Gasteiger charge is -2.33. The fraction of sp³-hybridized carbons (Fsp3) is 0.350. The average Bonchev–Trinajstić information content (AvgIpc) is 3.10. The number of hydrogen-bond acceptors (Lipinski definition) is 4. The van der Waals surface area contributed by atoms with Crippen molar-refractivity contribution in [2.45, 2.75) is 38.8 Å². The van der Waals surface area contributed by atoms with Crippen LogP contribution in [-0.4, -0.2) is 32.9 Å². The van der Waals surface area contributed by atoms with Crippen molar-refractivity contribution in [3.8, 4) is 10.4 Å². The van der Waals surface area contributed by atoms with Crippen LogP contribution < -0.4 is 5.56 Å². The summed E-state index contributed by atoms with van der Waals surface area (Å²) < 4.78 is 2.00. The molecule has 3 aromatic rings. The number of piperidine rings is 1. The van der Waals surface area contributed by atoms with Gasteiger partial charge in [-0.3, -0.25) is 14.2 Å². The molecular formula is C20H20ClN3O2S. The van der Waals surface area contributed by atoms with Crippen LogP contribution in [0.15, 0.2) is 41.5 Å². The van der Waals surface area contributed by atoms with Crippen molar-refractivity contribution < 1.29 is 4.79 Å². The van der Waals surface area contributed by atoms with Gasteiger partial charge in [0.15, 0.2) is 0 Å². The highest BCUT2D eigenvalue weighted by atomic mass is 35.5. The Hall–Kier alpha value is -2.18. The zero-order valence-corrected chi connectivity index (χ0v) is 16.6. The molecule has 5 nitrogen and oxygen atoms in total. The Morgan fingerprint density at radius 1 is 1.30 bits per heavy atom. The molecule has 0 N–H and O–H groups in total. The van der Waals surface area contributed by atoms with E-state index in [1.807, 2.05) is 35.2 Å². The number of likely N-dealkylation sites (tertiary alicyclic amines) is 1. The van der Waals surface area contributed by atoms with Crippen molar-refractivity contribution >= 4 is 39.1 Å². The number of fused-ring (bicyclic) bond motifs is 1. The highest BCUT2D eigenvalue weighted by molar-refractivity contribution is 7.22. The van der Waals surface area contributed by atoms with Gasteiger partial charge in [-0.05, 0) is 49.9 Å². The second-order valence-corrected chi connectivity index (χ2v) is 8.43. The minimum Gasteiger partial charge on any atom is -0.338 e. The molecule has 0 radical (unpaired) electrons. The number of carbonyl (C=O) groups is 1. The standard InChI is InChI=1S/C20H20ClN3O2S/c1-13-4-2-3-9-24(13)18(25)11-23-12-22-16-10-17(27-19(16)20(23)26)14-5-7-15(21)8-6-14/h5-8,10,12-13H,2-4,9,11H2,1H3/t13-/m0/s1. The molecule has 0 bridgehead atoms. The maximum Gasteiger partial charge on any atom is 0.271 e. The summed E-state index contributed by atoms with van der Waals surface area (Å²) in [7, 11) is 0. The molecule has 0 saturated carbocycles. The maximum absolute atomic E-state index is 12.9. The molecule has 1 aromatic carbocycles. The predicted octanol–water partition coefficient (Wildman–Crippen LogP) is 4.18. The van der Waals surface area contributed by atoms with Gasteiger partial charge in [0.25, 0.3) is 5.56 Å². The third-order valence-electron chi connectivity index (χ3n) is 5.06. The molecule has 0 spiro atoms. The number of carbonyl (C=O) groups excluding carboxylic acids is 1. The zero-order chi connectivity index (χ0) is 19.0. The number of rotatable bonds is 3. The number of hydrogen-bond donors (Lipinski definition) is 0. The molecule has 1 saturated heterocycles. The fourth-order valence-corrected chi connectivity index (χ4v) is 4.71. The van der Waals surface area contributed by atoms with Gasteiger partial charge in [-0.1, -0.05) is 23.7 Å². The topological polar surface area (TPSA) is 55.2 Å². The first-order chi connectivity index (χ1) is 13.0. The van der Waals surface area contributed by atoms with Crippen LogP contribution in [0, 0.1) is 0 Å². The molecule has 1 amide bonds. The smallest absolute Gasteiger partial charge is 0.271 e. The summed E-state index contributed by atoms with van der Waals surface area (Å²) in [4.78, 5) is 32.8. The van der Waals surface area contributed by atoms with E-state index in [-0.39, 0.29) is 24.1 Å². The number of nitrogens with zero attached hydrogens (tertiary/aromatic N) is 3. The summed E-state index contributed by atoms with van der Waals surface area (Å²) in [6.45, 7) is 2.88. The van der Waals surface area contributed by atoms with Crippen LogP contribution in [0.4, 0.5) is 0 Å². The second-order valence-electron chi connectivity index (χ2n) is 6.94. The molecule has 4 rings (SSSR count). The second kappa shape index (κ2) is 7.44. The highest BCUT2D eigenvalue weighted by Gasteiger charge is 2.23. The van der Waals surface area contributed by atoms with Crippen molar-refractivity contribution in [2.24, 2.45) is 0 Å². The van der Waals surface area contributed by atoms with E-state index in [0.717, 1.165) is 36.2 Å². The number of amides is 1. The first kappa shape index (κ1) is 18.2. The van der Waals surface area contributed by atoms with Gasteiger partial charge in [0.1, 0.15) is 11.2 Å². The maximum atomic E-state index is 12.9. The lowest BCUT2D eigenvalue weighted by Crippen LogP contribution is -2.44. The Balaban J connectivity index is 1.63. The monoisotopic (exact) mass is 401 g/mol. The molecule has 2 aromatic heterocycles. The molecule has 1 aliphatic heterocycles. The summed E-state index contributed by atoms with van der Waals surface area (Å²) >= 11 is 7.34. The molecule has 7 heteroatoms. The Morgan fingerprint density at radius 3 is 2.81 bits per heavy atom. The molecule has 27 heavy (non-hydrogen) atoms. The van der Waals surface area contributed by atoms with Crippen molar-refractivity contribution in [2.75, 3.05) is 6.54 Å². The van der Waals surface area contributed by atoms with E-state index in [1.54, 1.807) is 0 Å². The van der Waals surface area contributed by atoms with Crippen LogP contribution in [0.1, 0.15) is 26.2 Å². The molecule has 1 fully saturated rings. The summed E-state index contributed by atoms with van der Waals surface area (Å²) in [6, 6.07) is 9.64. The number of benzene rings is 1. The predicted molar refractivity (Wildman–Crippen MR) is 109 cm³/mol. The lowest BCUT2D eigenvalue weighted by molar-refractivity contribution is -0.135. The number of aromatic nitrogens is 2. The Kier molecular flexibility index (Phi) is 5.02. The van der Waals surface area contributed by atoms with Crippen molar-refractivity contribution in [1.29, 1.82) is 0 Å². The number of thiophene rings is 1. The molecule has 0 unspecified atom stereocenters. The van der Waals surface area contributed by atoms with Gasteiger partial charge in [-0.2, -0.15) is 0 Å². The largest absolute Gasteiger partial charge is 0.338 e. The minimum atomic E-state index is -0.164. The third-order valence-corrected chi connectivity index (χ3v) is 6.47. The van der Waals surface area contributed by atoms with Crippen LogP contribution >= 0.6 is 22.9 Å². The van der Waals surface area contributed by atoms with E-state index in [2.05, 4.69) is 11.9 Å². The highest BCUT2D eigenvalue weighted by Crippen LogP contribution is 2.31. The number of halogens is 1. The van der Waals surface area contributed by atoms with Crippen LogP contribution in [0.3, 0.4) is 0 Å². The van der Waals surface area contributed by atoms with E-state index < -0.39 is 0 Å². The summed E-state index contributed by atoms with van der Waals surface area (Å²) in [5.74, 6) is -0.0140. The molecule has 140 valence electrons. The van der Waals surface area contributed by atoms with Crippen LogP contribution in [-0.2, 0) is 11.3 Å². The van der Waals surface area contributed by atoms with Crippen LogP contribution in [0.2, 0.25) is 5.02 Å². The lowest BCUT2D eigenvalue weighted by atomic mass is 10.0. The summed E-state index contributed by atoms with van der Waals surface area (Å²) in [6.07, 6.45) is 4.68. The van der Waals surface area contributed by atoms with Gasteiger partial charge in [0.05, 0.1) is 11.8 Å². The van der Waals surface area contributed by atoms with E-state index in [4.69, 9.17) is 11.6 Å². The van der Waals surface area contributed by atoms with Crippen molar-refractivity contribution in [1.82, 2.24) is 14.5 Å². The minimum absolute atomic E-state index is 0.0140. The first-order valence-corrected chi connectivity index (χ1v) is 10.3. The Bertz CT molecular complexity index is 1040. The molecule has 1 atom stereocenters. The van der Waals surface area contributed by atoms with E-state index >= 15 is 0 Å². The quantitative estimate of drug-likeness (QED) is 0.661. The van der Waals surface area contributed by atoms with Crippen LogP contribution in [0.5, 0.6) is 0 Å². The van der Waals surface area contributed by atoms with Gasteiger partial charge in [0.2, 0.25) is 5.91 Å². The Labute approximate surface area is 166 Å². The van der Waals surface area contributed by atoms with Gasteiger partial charge in [-0.15, -0.1) is 11.3 Å². The van der Waals surface area contributed by atoms with Gasteiger partial charge < -0.3 is 4.90 Å². The van der Waals surface area contributed by atoms with Crippen molar-refractivity contribution in [3.63, 3.8) is 0 Å². The van der Waals surface area contributed by atoms with E-state index in [9.17, 15) is 9.59 Å². The fourth-order valence-electron chi connectivity index (χ4n) is 3.52. The van der Waals surface area contributed by atoms with Gasteiger partial charge in [-0.25, -0.2) is 4.98 Å². The normalized spacial score (nSPS) is 17.4. The molecule has 1 aliphatic rings. The molecule has 0 aliphatic carbocycles. The van der Waals surface area contributed by atoms with Crippen LogP contribution in [0.25, 0.3) is 20.7 Å². The Morgan fingerprint density at radius 2 is 2.07 bits per heavy atom. The first-order valence-electron chi connectivity index (χ1n) is 9.07. The molecular weight excluding hydrogens is 382 g/mol. The third kappa shape index (κ3) is 3.64. The van der Waals surface area contributed by atoms with Gasteiger partial charge >= 0.3 is 0 Å². The summed E-state index contributed by atoms with van der Waals surface area (Å²) in [5, 5.41) is 0.672. The molecule has 3 heterocycles.